The fourth-order valence-electron chi connectivity index (χ4n) is 1.43. The molecule has 0 unspecified atom stereocenters. The fraction of sp³-hybridized carbons (Fsp3) is 0.100. The second-order valence-electron chi connectivity index (χ2n) is 3.00. The first-order valence-electron chi connectivity index (χ1n) is 4.16. The molecule has 0 amide bonds. The number of hydrogen-bond donors (Lipinski definition) is 2. The molecule has 2 N–H and O–H groups in total. The summed E-state index contributed by atoms with van der Waals surface area (Å²) in [4.78, 5) is 12.2. The molecule has 0 aliphatic carbocycles. The number of carboxylic acid groups (broad SMARTS) is 1. The fourth-order valence-corrected chi connectivity index (χ4v) is 1.43. The van der Waals surface area contributed by atoms with E-state index in [4.69, 9.17) is 5.11 Å². The average Bonchev–Trinajstić information content (AvgIpc) is 2.18. The molecule has 14 heavy (non-hydrogen) atoms. The Morgan fingerprint density at radius 3 is 2.86 bits per heavy atom. The van der Waals surface area contributed by atoms with Crippen LogP contribution in [0.25, 0.3) is 0 Å². The van der Waals surface area contributed by atoms with Gasteiger partial charge in [0.15, 0.2) is 6.23 Å². The lowest BCUT2D eigenvalue weighted by molar-refractivity contribution is -0.134. The lowest BCUT2D eigenvalue weighted by Crippen LogP contribution is -2.36. The third-order valence-corrected chi connectivity index (χ3v) is 2.15. The number of carbonyl (C=O) groups is 1. The van der Waals surface area contributed by atoms with Crippen LogP contribution in [0.4, 0.5) is 0 Å². The molecule has 0 bridgehead atoms. The van der Waals surface area contributed by atoms with Crippen LogP contribution in [0.15, 0.2) is 47.9 Å². The standard InChI is InChI=1S/C10H9NO3/c12-9-8(10(13)14)5-4-7-3-1-2-6-11(7)9/h1-6,9,12H,(H,13,14)/t9-/m1/s1. The molecule has 4 heteroatoms. The maximum Gasteiger partial charge on any atom is 0.336 e. The Morgan fingerprint density at radius 2 is 2.14 bits per heavy atom. The average molecular weight is 191 g/mol. The third kappa shape index (κ3) is 1.25. The molecule has 2 heterocycles. The molecular weight excluding hydrogens is 182 g/mol. The van der Waals surface area contributed by atoms with Gasteiger partial charge in [0.25, 0.3) is 0 Å². The minimum absolute atomic E-state index is 0.0197. The molecule has 4 nitrogen and oxygen atoms in total. The summed E-state index contributed by atoms with van der Waals surface area (Å²) in [6.45, 7) is 0. The number of nitrogens with zero attached hydrogens (tertiary/aromatic N) is 1. The summed E-state index contributed by atoms with van der Waals surface area (Å²) in [5.41, 5.74) is 0.763. The van der Waals surface area contributed by atoms with Crippen molar-refractivity contribution in [1.82, 2.24) is 4.90 Å². The van der Waals surface area contributed by atoms with E-state index in [1.54, 1.807) is 24.4 Å². The number of hydrogen-bond acceptors (Lipinski definition) is 3. The highest BCUT2D eigenvalue weighted by molar-refractivity contribution is 5.88. The molecule has 0 radical (unpaired) electrons. The summed E-state index contributed by atoms with van der Waals surface area (Å²) in [5.74, 6) is -1.10. The van der Waals surface area contributed by atoms with Crippen molar-refractivity contribution in [2.24, 2.45) is 0 Å². The molecule has 1 atom stereocenters. The number of aliphatic hydroxyl groups is 1. The molecule has 2 aliphatic rings. The third-order valence-electron chi connectivity index (χ3n) is 2.15. The van der Waals surface area contributed by atoms with Crippen molar-refractivity contribution in [3.63, 3.8) is 0 Å². The first-order valence-corrected chi connectivity index (χ1v) is 4.16. The summed E-state index contributed by atoms with van der Waals surface area (Å²) in [6, 6.07) is 0. The van der Waals surface area contributed by atoms with E-state index in [0.29, 0.717) is 0 Å². The zero-order valence-electron chi connectivity index (χ0n) is 7.29. The molecule has 0 saturated carbocycles. The maximum atomic E-state index is 10.7. The highest BCUT2D eigenvalue weighted by Gasteiger charge is 2.27. The van der Waals surface area contributed by atoms with Crippen LogP contribution in [0.2, 0.25) is 0 Å². The van der Waals surface area contributed by atoms with Gasteiger partial charge >= 0.3 is 5.97 Å². The Morgan fingerprint density at radius 1 is 1.36 bits per heavy atom. The second-order valence-corrected chi connectivity index (χ2v) is 3.00. The lowest BCUT2D eigenvalue weighted by Gasteiger charge is -2.31. The van der Waals surface area contributed by atoms with Crippen molar-refractivity contribution in [3.8, 4) is 0 Å². The molecule has 0 aromatic heterocycles. The Bertz CT molecular complexity index is 390. The molecule has 0 aromatic carbocycles. The second kappa shape index (κ2) is 3.16. The number of rotatable bonds is 1. The van der Waals surface area contributed by atoms with Gasteiger partial charge in [0.1, 0.15) is 0 Å². The van der Waals surface area contributed by atoms with Crippen LogP contribution in [0, 0.1) is 0 Å². The first kappa shape index (κ1) is 8.77. The van der Waals surface area contributed by atoms with Crippen LogP contribution in [0.5, 0.6) is 0 Å². The van der Waals surface area contributed by atoms with Crippen molar-refractivity contribution in [3.05, 3.63) is 47.9 Å². The van der Waals surface area contributed by atoms with Crippen molar-refractivity contribution >= 4 is 5.97 Å². The largest absolute Gasteiger partial charge is 0.478 e. The molecule has 0 aromatic rings. The van der Waals surface area contributed by atoms with Gasteiger partial charge in [0.05, 0.1) is 5.57 Å². The Hall–Kier alpha value is -1.81. The van der Waals surface area contributed by atoms with E-state index >= 15 is 0 Å². The number of fused-ring (bicyclic) bond motifs is 1. The zero-order valence-corrected chi connectivity index (χ0v) is 7.29. The lowest BCUT2D eigenvalue weighted by atomic mass is 10.1. The monoisotopic (exact) mass is 191 g/mol. The highest BCUT2D eigenvalue weighted by Crippen LogP contribution is 2.23. The van der Waals surface area contributed by atoms with Crippen LogP contribution in [-0.4, -0.2) is 27.3 Å². The van der Waals surface area contributed by atoms with E-state index < -0.39 is 12.2 Å². The van der Waals surface area contributed by atoms with Gasteiger partial charge in [-0.2, -0.15) is 0 Å². The van der Waals surface area contributed by atoms with E-state index in [-0.39, 0.29) is 5.57 Å². The smallest absolute Gasteiger partial charge is 0.336 e. The molecule has 2 aliphatic heterocycles. The van der Waals surface area contributed by atoms with Crippen LogP contribution >= 0.6 is 0 Å². The van der Waals surface area contributed by atoms with E-state index in [2.05, 4.69) is 0 Å². The minimum atomic E-state index is -1.10. The summed E-state index contributed by atoms with van der Waals surface area (Å²) in [6.07, 6.45) is 9.00. The molecule has 72 valence electrons. The molecular formula is C10H9NO3. The number of allylic oxidation sites excluding steroid dienone is 5. The summed E-state index contributed by atoms with van der Waals surface area (Å²) >= 11 is 0. The predicted octanol–water partition coefficient (Wildman–Crippen LogP) is 0.599. The predicted molar refractivity (Wildman–Crippen MR) is 49.9 cm³/mol. The summed E-state index contributed by atoms with van der Waals surface area (Å²) in [7, 11) is 0. The topological polar surface area (TPSA) is 60.8 Å². The number of carboxylic acids is 1. The Balaban J connectivity index is 2.39. The van der Waals surface area contributed by atoms with Gasteiger partial charge in [0.2, 0.25) is 0 Å². The van der Waals surface area contributed by atoms with Crippen molar-refractivity contribution in [1.29, 1.82) is 0 Å². The first-order chi connectivity index (χ1) is 6.70. The maximum absolute atomic E-state index is 10.7. The molecule has 0 fully saturated rings. The van der Waals surface area contributed by atoms with Gasteiger partial charge in [-0.3, -0.25) is 0 Å². The number of aliphatic hydroxyl groups excluding tert-OH is 1. The van der Waals surface area contributed by atoms with Crippen molar-refractivity contribution in [2.75, 3.05) is 0 Å². The van der Waals surface area contributed by atoms with Crippen molar-refractivity contribution < 1.29 is 15.0 Å². The van der Waals surface area contributed by atoms with E-state index in [1.165, 1.54) is 11.0 Å². The van der Waals surface area contributed by atoms with Gasteiger partial charge in [-0.05, 0) is 24.3 Å². The van der Waals surface area contributed by atoms with Gasteiger partial charge in [-0.15, -0.1) is 0 Å². The molecule has 2 rings (SSSR count). The summed E-state index contributed by atoms with van der Waals surface area (Å²) in [5, 5.41) is 18.5. The Kier molecular flexibility index (Phi) is 1.98. The van der Waals surface area contributed by atoms with E-state index in [0.717, 1.165) is 5.70 Å². The van der Waals surface area contributed by atoms with Crippen LogP contribution in [0.3, 0.4) is 0 Å². The van der Waals surface area contributed by atoms with Gasteiger partial charge in [-0.25, -0.2) is 4.79 Å². The van der Waals surface area contributed by atoms with Crippen LogP contribution in [0.1, 0.15) is 0 Å². The SMILES string of the molecule is O=C(O)C1=CC=C2C=CC=CN2[C@@H]1O. The van der Waals surface area contributed by atoms with Gasteiger partial charge in [0, 0.05) is 11.9 Å². The minimum Gasteiger partial charge on any atom is -0.478 e. The van der Waals surface area contributed by atoms with Gasteiger partial charge in [-0.1, -0.05) is 6.08 Å². The zero-order chi connectivity index (χ0) is 10.1. The highest BCUT2D eigenvalue weighted by atomic mass is 16.4. The van der Waals surface area contributed by atoms with Crippen LogP contribution in [-0.2, 0) is 4.79 Å². The van der Waals surface area contributed by atoms with Crippen LogP contribution < -0.4 is 0 Å². The number of aliphatic carboxylic acids is 1. The van der Waals surface area contributed by atoms with E-state index in [9.17, 15) is 9.90 Å². The van der Waals surface area contributed by atoms with E-state index in [1.807, 2.05) is 6.08 Å². The quantitative estimate of drug-likeness (QED) is 0.637. The Labute approximate surface area is 80.8 Å². The van der Waals surface area contributed by atoms with Gasteiger partial charge < -0.3 is 15.1 Å². The molecule has 0 spiro atoms. The normalized spacial score (nSPS) is 24.1. The summed E-state index contributed by atoms with van der Waals surface area (Å²) < 4.78 is 0. The molecule has 0 saturated heterocycles. The van der Waals surface area contributed by atoms with Crippen molar-refractivity contribution in [2.45, 2.75) is 6.23 Å².